The van der Waals surface area contributed by atoms with E-state index in [0.717, 1.165) is 45.3 Å². The first-order valence-corrected chi connectivity index (χ1v) is 11.0. The highest BCUT2D eigenvalue weighted by atomic mass is 32.2. The van der Waals surface area contributed by atoms with Crippen LogP contribution in [0.2, 0.25) is 0 Å². The summed E-state index contributed by atoms with van der Waals surface area (Å²) in [7, 11) is -3.51. The first kappa shape index (κ1) is 20.9. The van der Waals surface area contributed by atoms with Gasteiger partial charge in [-0.15, -0.1) is 0 Å². The van der Waals surface area contributed by atoms with Crippen molar-refractivity contribution in [1.82, 2.24) is 14.5 Å². The molecule has 0 bridgehead atoms. The average Bonchev–Trinajstić information content (AvgIpc) is 2.68. The number of amides is 1. The van der Waals surface area contributed by atoms with E-state index in [1.54, 1.807) is 18.2 Å². The summed E-state index contributed by atoms with van der Waals surface area (Å²) in [5.74, 6) is -0.222. The van der Waals surface area contributed by atoms with Crippen LogP contribution < -0.4 is 5.32 Å². The van der Waals surface area contributed by atoms with Gasteiger partial charge in [-0.05, 0) is 57.1 Å². The fraction of sp³-hybridized carbons (Fsp3) is 0.632. The predicted molar refractivity (Wildman–Crippen MR) is 104 cm³/mol. The Morgan fingerprint density at radius 3 is 2.50 bits per heavy atom. The zero-order valence-electron chi connectivity index (χ0n) is 15.9. The molecule has 7 heteroatoms. The van der Waals surface area contributed by atoms with E-state index in [2.05, 4.69) is 24.1 Å². The third-order valence-electron chi connectivity index (χ3n) is 4.88. The molecule has 0 radical (unpaired) electrons. The Bertz CT molecular complexity index is 681. The fourth-order valence-corrected chi connectivity index (χ4v) is 4.76. The van der Waals surface area contributed by atoms with Gasteiger partial charge in [0.15, 0.2) is 0 Å². The van der Waals surface area contributed by atoms with Crippen molar-refractivity contribution in [2.75, 3.05) is 39.3 Å². The van der Waals surface area contributed by atoms with Crippen molar-refractivity contribution in [1.29, 1.82) is 0 Å². The predicted octanol–water partition coefficient (Wildman–Crippen LogP) is 2.32. The van der Waals surface area contributed by atoms with E-state index in [1.807, 2.05) is 0 Å². The van der Waals surface area contributed by atoms with E-state index >= 15 is 0 Å². The largest absolute Gasteiger partial charge is 0.352 e. The number of benzene rings is 1. The summed E-state index contributed by atoms with van der Waals surface area (Å²) >= 11 is 0. The van der Waals surface area contributed by atoms with Crippen molar-refractivity contribution >= 4 is 15.9 Å². The summed E-state index contributed by atoms with van der Waals surface area (Å²) in [4.78, 5) is 14.9. The van der Waals surface area contributed by atoms with Crippen LogP contribution in [0.4, 0.5) is 0 Å². The molecule has 146 valence electrons. The molecule has 26 heavy (non-hydrogen) atoms. The molecule has 0 atom stereocenters. The molecule has 1 aliphatic heterocycles. The molecule has 1 fully saturated rings. The number of hydrogen-bond acceptors (Lipinski definition) is 4. The second-order valence-electron chi connectivity index (χ2n) is 6.63. The van der Waals surface area contributed by atoms with E-state index in [0.29, 0.717) is 25.2 Å². The van der Waals surface area contributed by atoms with Crippen LogP contribution in [-0.2, 0) is 10.0 Å². The van der Waals surface area contributed by atoms with Crippen LogP contribution in [-0.4, -0.2) is 62.8 Å². The van der Waals surface area contributed by atoms with Crippen molar-refractivity contribution in [2.45, 2.75) is 44.4 Å². The second kappa shape index (κ2) is 10.0. The van der Waals surface area contributed by atoms with Gasteiger partial charge in [0, 0.05) is 25.2 Å². The van der Waals surface area contributed by atoms with Crippen molar-refractivity contribution in [3.8, 4) is 0 Å². The molecule has 1 aliphatic rings. The smallest absolute Gasteiger partial charge is 0.251 e. The van der Waals surface area contributed by atoms with Gasteiger partial charge >= 0.3 is 0 Å². The Labute approximate surface area is 157 Å². The maximum absolute atomic E-state index is 12.8. The number of nitrogens with zero attached hydrogens (tertiary/aromatic N) is 2. The number of rotatable bonds is 9. The molecule has 1 amide bonds. The van der Waals surface area contributed by atoms with E-state index < -0.39 is 10.0 Å². The van der Waals surface area contributed by atoms with Crippen LogP contribution in [0.25, 0.3) is 0 Å². The van der Waals surface area contributed by atoms with Gasteiger partial charge < -0.3 is 10.2 Å². The van der Waals surface area contributed by atoms with E-state index in [4.69, 9.17) is 0 Å². The Morgan fingerprint density at radius 2 is 1.85 bits per heavy atom. The lowest BCUT2D eigenvalue weighted by Crippen LogP contribution is -2.35. The van der Waals surface area contributed by atoms with Gasteiger partial charge in [-0.25, -0.2) is 8.42 Å². The van der Waals surface area contributed by atoms with Crippen LogP contribution in [0, 0.1) is 0 Å². The highest BCUT2D eigenvalue weighted by Gasteiger charge is 2.26. The lowest BCUT2D eigenvalue weighted by molar-refractivity contribution is 0.0951. The summed E-state index contributed by atoms with van der Waals surface area (Å²) in [5.41, 5.74) is 0.394. The first-order chi connectivity index (χ1) is 12.5. The maximum atomic E-state index is 12.8. The third kappa shape index (κ3) is 5.53. The zero-order chi connectivity index (χ0) is 19.0. The van der Waals surface area contributed by atoms with Gasteiger partial charge in [-0.2, -0.15) is 4.31 Å². The maximum Gasteiger partial charge on any atom is 0.251 e. The lowest BCUT2D eigenvalue weighted by Gasteiger charge is -2.26. The van der Waals surface area contributed by atoms with E-state index in [1.165, 1.54) is 10.4 Å². The van der Waals surface area contributed by atoms with E-state index in [9.17, 15) is 13.2 Å². The fourth-order valence-electron chi connectivity index (χ4n) is 3.20. The summed E-state index contributed by atoms with van der Waals surface area (Å²) in [6, 6.07) is 6.36. The minimum Gasteiger partial charge on any atom is -0.352 e. The highest BCUT2D eigenvalue weighted by Crippen LogP contribution is 2.21. The molecule has 0 spiro atoms. The Kier molecular flexibility index (Phi) is 8.06. The van der Waals surface area contributed by atoms with E-state index in [-0.39, 0.29) is 10.8 Å². The molecule has 0 unspecified atom stereocenters. The topological polar surface area (TPSA) is 69.7 Å². The molecule has 1 aromatic carbocycles. The SMILES string of the molecule is CCN(CC)CCCNC(=O)c1cccc(S(=O)(=O)N2CCCCC2)c1. The summed E-state index contributed by atoms with van der Waals surface area (Å²) < 4.78 is 27.0. The van der Waals surface area contributed by atoms with Crippen LogP contribution in [0.15, 0.2) is 29.2 Å². The quantitative estimate of drug-likeness (QED) is 0.667. The van der Waals surface area contributed by atoms with Crippen LogP contribution in [0.1, 0.15) is 49.9 Å². The number of hydrogen-bond donors (Lipinski definition) is 1. The lowest BCUT2D eigenvalue weighted by atomic mass is 10.2. The first-order valence-electron chi connectivity index (χ1n) is 9.59. The van der Waals surface area contributed by atoms with Gasteiger partial charge in [0.05, 0.1) is 4.90 Å². The van der Waals surface area contributed by atoms with Crippen molar-refractivity contribution in [2.24, 2.45) is 0 Å². The molecular weight excluding hydrogens is 350 g/mol. The number of sulfonamides is 1. The van der Waals surface area contributed by atoms with Gasteiger partial charge in [-0.1, -0.05) is 26.3 Å². The standard InChI is InChI=1S/C19H31N3O3S/c1-3-21(4-2)13-9-12-20-19(23)17-10-8-11-18(16-17)26(24,25)22-14-6-5-7-15-22/h8,10-11,16H,3-7,9,12-15H2,1-2H3,(H,20,23). The zero-order valence-corrected chi connectivity index (χ0v) is 16.7. The molecule has 6 nitrogen and oxygen atoms in total. The molecule has 0 saturated carbocycles. The molecule has 0 aromatic heterocycles. The minimum atomic E-state index is -3.51. The molecule has 1 aromatic rings. The third-order valence-corrected chi connectivity index (χ3v) is 6.77. The number of carbonyl (C=O) groups is 1. The average molecular weight is 382 g/mol. The van der Waals surface area contributed by atoms with Crippen molar-refractivity contribution < 1.29 is 13.2 Å². The van der Waals surface area contributed by atoms with Gasteiger partial charge in [0.25, 0.3) is 5.91 Å². The number of carbonyl (C=O) groups excluding carboxylic acids is 1. The summed E-state index contributed by atoms with van der Waals surface area (Å²) in [6.45, 7) is 8.89. The molecule has 0 aliphatic carbocycles. The molecule has 1 saturated heterocycles. The van der Waals surface area contributed by atoms with Crippen LogP contribution >= 0.6 is 0 Å². The second-order valence-corrected chi connectivity index (χ2v) is 8.57. The Morgan fingerprint density at radius 1 is 1.15 bits per heavy atom. The van der Waals surface area contributed by atoms with Crippen molar-refractivity contribution in [3.63, 3.8) is 0 Å². The molecule has 1 N–H and O–H groups in total. The van der Waals surface area contributed by atoms with Gasteiger partial charge in [0.2, 0.25) is 10.0 Å². The number of nitrogens with one attached hydrogen (secondary N) is 1. The van der Waals surface area contributed by atoms with Crippen molar-refractivity contribution in [3.05, 3.63) is 29.8 Å². The normalized spacial score (nSPS) is 16.0. The summed E-state index contributed by atoms with van der Waals surface area (Å²) in [5, 5.41) is 2.89. The van der Waals surface area contributed by atoms with Gasteiger partial charge in [0.1, 0.15) is 0 Å². The van der Waals surface area contributed by atoms with Crippen LogP contribution in [0.3, 0.4) is 0 Å². The Balaban J connectivity index is 1.96. The van der Waals surface area contributed by atoms with Gasteiger partial charge in [-0.3, -0.25) is 4.79 Å². The summed E-state index contributed by atoms with van der Waals surface area (Å²) in [6.07, 6.45) is 3.74. The highest BCUT2D eigenvalue weighted by molar-refractivity contribution is 7.89. The molecule has 2 rings (SSSR count). The molecule has 1 heterocycles. The Hall–Kier alpha value is -1.44. The monoisotopic (exact) mass is 381 g/mol. The van der Waals surface area contributed by atoms with Crippen LogP contribution in [0.5, 0.6) is 0 Å². The molecular formula is C19H31N3O3S. The minimum absolute atomic E-state index is 0.204. The number of piperidine rings is 1.